The van der Waals surface area contributed by atoms with Crippen molar-refractivity contribution in [3.63, 3.8) is 0 Å². The Morgan fingerprint density at radius 1 is 0.198 bits per heavy atom. The molecule has 0 amide bonds. The van der Waals surface area contributed by atoms with Crippen LogP contribution in [0.25, 0.3) is 67.3 Å². The normalized spacial score (nSPS) is 15.8. The molecule has 16 rings (SSSR count). The van der Waals surface area contributed by atoms with E-state index in [1.54, 1.807) is 0 Å². The van der Waals surface area contributed by atoms with Crippen molar-refractivity contribution >= 4 is 35.0 Å². The summed E-state index contributed by atoms with van der Waals surface area (Å²) in [6.45, 7) is 0. The lowest BCUT2D eigenvalue weighted by Crippen LogP contribution is -2.33. The number of nitrogens with one attached hydrogen (secondary N) is 3. The zero-order valence-corrected chi connectivity index (χ0v) is 52.1. The van der Waals surface area contributed by atoms with Gasteiger partial charge in [0.2, 0.25) is 0 Å². The van der Waals surface area contributed by atoms with Crippen molar-refractivity contribution < 1.29 is 0 Å². The van der Waals surface area contributed by atoms with Gasteiger partial charge in [0.05, 0.1) is 11.4 Å². The maximum absolute atomic E-state index is 5.40. The van der Waals surface area contributed by atoms with Crippen molar-refractivity contribution in [1.82, 2.24) is 25.9 Å². The van der Waals surface area contributed by atoms with Gasteiger partial charge < -0.3 is 16.0 Å². The fourth-order valence-electron chi connectivity index (χ4n) is 12.3. The SMILES string of the molecule is c1ccc(C2=NC(c3cccc(-c4cccc(C5=NC(c6ccccc6)NC(c6cccc(-c7cccc(C8=NC(c9cccc(-c%10cccc(-c%11cc(-c%12ccccc%12)nc(-c%12ccccc%12)n%11)c%10)c9)NC(c9ccccc9)=N8)c7)c6)=N5)c4)c3)NC(c3ccccc3)=N2)cc1. The van der Waals surface area contributed by atoms with E-state index >= 15 is 0 Å². The highest BCUT2D eigenvalue weighted by Crippen LogP contribution is 2.35. The molecular formula is C85H61N11. The predicted molar refractivity (Wildman–Crippen MR) is 390 cm³/mol. The smallest absolute Gasteiger partial charge is 0.160 e. The molecular weight excluding hydrogens is 1180 g/mol. The fraction of sp³-hybridized carbons (Fsp3) is 0.0353. The van der Waals surface area contributed by atoms with Crippen molar-refractivity contribution in [3.05, 3.63) is 384 Å². The second-order valence-corrected chi connectivity index (χ2v) is 23.7. The molecule has 0 radical (unpaired) electrons. The molecule has 96 heavy (non-hydrogen) atoms. The number of rotatable bonds is 15. The molecule has 4 heterocycles. The van der Waals surface area contributed by atoms with Crippen LogP contribution >= 0.6 is 0 Å². The first-order chi connectivity index (χ1) is 47.5. The van der Waals surface area contributed by atoms with E-state index in [4.69, 9.17) is 39.9 Å². The maximum Gasteiger partial charge on any atom is 0.160 e. The summed E-state index contributed by atoms with van der Waals surface area (Å²) in [7, 11) is 0. The van der Waals surface area contributed by atoms with Crippen LogP contribution in [0.1, 0.15) is 68.6 Å². The second kappa shape index (κ2) is 26.4. The molecule has 0 fully saturated rings. The molecule has 13 aromatic rings. The molecule has 1 aromatic heterocycles. The van der Waals surface area contributed by atoms with E-state index < -0.39 is 12.3 Å². The highest BCUT2D eigenvalue weighted by Gasteiger charge is 2.26. The summed E-state index contributed by atoms with van der Waals surface area (Å²) in [6.07, 6.45) is -1.22. The first-order valence-corrected chi connectivity index (χ1v) is 32.1. The minimum Gasteiger partial charge on any atom is -0.344 e. The average Bonchev–Trinajstić information content (AvgIpc) is 0.873. The Balaban J connectivity index is 0.698. The van der Waals surface area contributed by atoms with Crippen LogP contribution in [-0.2, 0) is 0 Å². The summed E-state index contributed by atoms with van der Waals surface area (Å²) in [6, 6.07) is 115. The Morgan fingerprint density at radius 2 is 0.479 bits per heavy atom. The van der Waals surface area contributed by atoms with Crippen LogP contribution in [0.15, 0.2) is 364 Å². The summed E-state index contributed by atoms with van der Waals surface area (Å²) in [5.74, 6) is 4.83. The summed E-state index contributed by atoms with van der Waals surface area (Å²) in [5, 5.41) is 11.1. The van der Waals surface area contributed by atoms with Crippen LogP contribution in [0, 0.1) is 0 Å². The third-order valence-electron chi connectivity index (χ3n) is 17.2. The zero-order chi connectivity index (χ0) is 64.0. The number of nitrogens with zero attached hydrogens (tertiary/aromatic N) is 8. The third-order valence-corrected chi connectivity index (χ3v) is 17.2. The van der Waals surface area contributed by atoms with Gasteiger partial charge in [-0.1, -0.05) is 291 Å². The van der Waals surface area contributed by atoms with Crippen molar-refractivity contribution in [2.45, 2.75) is 18.5 Å². The van der Waals surface area contributed by atoms with Crippen LogP contribution in [0.4, 0.5) is 0 Å². The molecule has 0 aliphatic carbocycles. The van der Waals surface area contributed by atoms with Crippen LogP contribution in [0.3, 0.4) is 0 Å². The van der Waals surface area contributed by atoms with Crippen molar-refractivity contribution in [2.24, 2.45) is 30.0 Å². The summed E-state index contributed by atoms with van der Waals surface area (Å²) in [4.78, 5) is 41.6. The van der Waals surface area contributed by atoms with E-state index in [0.717, 1.165) is 123 Å². The summed E-state index contributed by atoms with van der Waals surface area (Å²) < 4.78 is 0. The highest BCUT2D eigenvalue weighted by atomic mass is 15.2. The molecule has 0 saturated heterocycles. The second-order valence-electron chi connectivity index (χ2n) is 23.7. The van der Waals surface area contributed by atoms with E-state index in [-0.39, 0.29) is 6.17 Å². The van der Waals surface area contributed by atoms with Gasteiger partial charge >= 0.3 is 0 Å². The van der Waals surface area contributed by atoms with Gasteiger partial charge in [-0.25, -0.2) is 39.9 Å². The first kappa shape index (κ1) is 58.2. The molecule has 3 N–H and O–H groups in total. The molecule has 3 unspecified atom stereocenters. The van der Waals surface area contributed by atoms with Gasteiger partial charge in [0.25, 0.3) is 0 Å². The van der Waals surface area contributed by atoms with Gasteiger partial charge in [0, 0.05) is 50.1 Å². The maximum atomic E-state index is 5.40. The number of hydrogen-bond donors (Lipinski definition) is 3. The summed E-state index contributed by atoms with van der Waals surface area (Å²) >= 11 is 0. The molecule has 0 bridgehead atoms. The molecule has 11 nitrogen and oxygen atoms in total. The number of aliphatic imine (C=N–C) groups is 6. The van der Waals surface area contributed by atoms with E-state index in [1.807, 2.05) is 109 Å². The van der Waals surface area contributed by atoms with Gasteiger partial charge in [-0.3, -0.25) is 0 Å². The van der Waals surface area contributed by atoms with Gasteiger partial charge in [-0.05, 0) is 92.5 Å². The van der Waals surface area contributed by atoms with Crippen molar-refractivity contribution in [3.8, 4) is 67.3 Å². The number of hydrogen-bond acceptors (Lipinski definition) is 11. The van der Waals surface area contributed by atoms with Gasteiger partial charge in [-0.2, -0.15) is 0 Å². The van der Waals surface area contributed by atoms with Crippen LogP contribution in [0.5, 0.6) is 0 Å². The predicted octanol–water partition coefficient (Wildman–Crippen LogP) is 18.0. The van der Waals surface area contributed by atoms with Crippen molar-refractivity contribution in [1.29, 1.82) is 0 Å². The lowest BCUT2D eigenvalue weighted by atomic mass is 9.98. The van der Waals surface area contributed by atoms with Crippen LogP contribution in [0.2, 0.25) is 0 Å². The molecule has 456 valence electrons. The Kier molecular flexibility index (Phi) is 16.0. The molecule has 3 aliphatic heterocycles. The Morgan fingerprint density at radius 3 is 0.938 bits per heavy atom. The Bertz CT molecular complexity index is 5150. The Hall–Kier alpha value is -12.9. The Labute approximate surface area is 557 Å². The van der Waals surface area contributed by atoms with E-state index in [0.29, 0.717) is 29.2 Å². The molecule has 0 saturated carbocycles. The number of amidine groups is 6. The standard InChI is InChI=1S/C85H61N11/c1-7-25-56(26-8-1)74-55-75(87-76(86-74)57-27-9-2-10-28-57)68-43-19-37-62(49-68)63-38-20-45-70(50-63)82-91-79(60-33-15-5-16-34-60)92-83(95-82)72-47-23-41-66(53-72)67-42-24-48-73(54-67)85-94-80(61-35-17-6-18-36-61)93-84(96-85)71-46-22-40-65(52-71)64-39-21-44-69(51-64)81-89-77(58-29-11-3-12-30-58)88-78(90-81)59-31-13-4-14-32-59/h1-55,80-82H,(H,88,89,90)(H,91,92,95)(H,93,94,96). The highest BCUT2D eigenvalue weighted by molar-refractivity contribution is 6.15. The van der Waals surface area contributed by atoms with Crippen LogP contribution < -0.4 is 16.0 Å². The van der Waals surface area contributed by atoms with E-state index in [2.05, 4.69) is 240 Å². The number of benzene rings is 12. The van der Waals surface area contributed by atoms with E-state index in [9.17, 15) is 0 Å². The largest absolute Gasteiger partial charge is 0.344 e. The molecule has 3 aliphatic rings. The molecule has 11 heteroatoms. The molecule has 12 aromatic carbocycles. The topological polar surface area (TPSA) is 136 Å². The number of aromatic nitrogens is 2. The zero-order valence-electron chi connectivity index (χ0n) is 52.1. The van der Waals surface area contributed by atoms with Gasteiger partial charge in [0.15, 0.2) is 23.3 Å². The van der Waals surface area contributed by atoms with E-state index in [1.165, 1.54) is 0 Å². The minimum atomic E-state index is -0.451. The fourth-order valence-corrected chi connectivity index (χ4v) is 12.3. The molecule has 3 atom stereocenters. The monoisotopic (exact) mass is 1240 g/mol. The van der Waals surface area contributed by atoms with Crippen molar-refractivity contribution in [2.75, 3.05) is 0 Å². The lowest BCUT2D eigenvalue weighted by molar-refractivity contribution is 0.674. The third kappa shape index (κ3) is 12.6. The quantitative estimate of drug-likeness (QED) is 0.0939. The van der Waals surface area contributed by atoms with Gasteiger partial charge in [0.1, 0.15) is 36.0 Å². The molecule has 0 spiro atoms. The van der Waals surface area contributed by atoms with Crippen LogP contribution in [-0.4, -0.2) is 45.0 Å². The first-order valence-electron chi connectivity index (χ1n) is 32.1. The summed E-state index contributed by atoms with van der Waals surface area (Å²) in [5.41, 5.74) is 19.5. The lowest BCUT2D eigenvalue weighted by Gasteiger charge is -2.24. The minimum absolute atomic E-state index is 0.373. The average molecular weight is 1240 g/mol. The van der Waals surface area contributed by atoms with Gasteiger partial charge in [-0.15, -0.1) is 0 Å².